The summed E-state index contributed by atoms with van der Waals surface area (Å²) in [6, 6.07) is 14.8. The predicted octanol–water partition coefficient (Wildman–Crippen LogP) is 3.56. The van der Waals surface area contributed by atoms with Crippen molar-refractivity contribution in [3.05, 3.63) is 70.1 Å². The minimum absolute atomic E-state index is 0.119. The molecule has 3 aromatic rings. The Kier molecular flexibility index (Phi) is 7.21. The number of phenolic OH excluding ortho intramolecular Hbond substituents is 1. The Hall–Kier alpha value is -3.28. The molecule has 1 aromatic heterocycles. The molecular weight excluding hydrogens is 354 g/mol. The first-order valence-electron chi connectivity index (χ1n) is 9.27. The number of aromatic hydroxyl groups is 1. The van der Waals surface area contributed by atoms with Crippen LogP contribution in [0.25, 0.3) is 11.1 Å². The van der Waals surface area contributed by atoms with Crippen molar-refractivity contribution < 1.29 is 9.84 Å². The van der Waals surface area contributed by atoms with Gasteiger partial charge < -0.3 is 15.6 Å². The summed E-state index contributed by atoms with van der Waals surface area (Å²) >= 11 is 0. The van der Waals surface area contributed by atoms with Crippen molar-refractivity contribution in [2.45, 2.75) is 26.7 Å². The first-order chi connectivity index (χ1) is 13.5. The number of aromatic nitrogens is 2. The number of nitrogens with zero attached hydrogens (tertiary/aromatic N) is 2. The summed E-state index contributed by atoms with van der Waals surface area (Å²) in [5.74, 6) is 0.767. The predicted molar refractivity (Wildman–Crippen MR) is 113 cm³/mol. The molecule has 0 aliphatic rings. The lowest BCUT2D eigenvalue weighted by molar-refractivity contribution is 0.374. The number of benzene rings is 2. The highest BCUT2D eigenvalue weighted by Crippen LogP contribution is 2.36. The Labute approximate surface area is 165 Å². The summed E-state index contributed by atoms with van der Waals surface area (Å²) < 4.78 is 6.49. The van der Waals surface area contributed by atoms with Crippen molar-refractivity contribution in [2.24, 2.45) is 7.05 Å². The molecule has 0 unspecified atom stereocenters. The molecule has 28 heavy (non-hydrogen) atoms. The van der Waals surface area contributed by atoms with Gasteiger partial charge in [0.1, 0.15) is 0 Å². The quantitative estimate of drug-likeness (QED) is 0.705. The fourth-order valence-corrected chi connectivity index (χ4v) is 2.82. The van der Waals surface area contributed by atoms with Crippen LogP contribution in [0, 0.1) is 0 Å². The van der Waals surface area contributed by atoms with E-state index in [2.05, 4.69) is 4.98 Å². The van der Waals surface area contributed by atoms with Crippen LogP contribution in [0.1, 0.15) is 25.1 Å². The Bertz CT molecular complexity index is 997. The van der Waals surface area contributed by atoms with Gasteiger partial charge in [0.15, 0.2) is 11.5 Å². The Balaban J connectivity index is 0.00000136. The van der Waals surface area contributed by atoms with Crippen LogP contribution in [-0.2, 0) is 19.9 Å². The third-order valence-electron chi connectivity index (χ3n) is 4.35. The molecule has 2 aromatic carbocycles. The minimum Gasteiger partial charge on any atom is -0.504 e. The van der Waals surface area contributed by atoms with Gasteiger partial charge in [0.05, 0.1) is 12.8 Å². The molecule has 0 spiro atoms. The average molecular weight is 381 g/mol. The molecule has 0 saturated carbocycles. The first-order valence-corrected chi connectivity index (χ1v) is 9.27. The van der Waals surface area contributed by atoms with Gasteiger partial charge in [0.25, 0.3) is 5.56 Å². The van der Waals surface area contributed by atoms with Crippen molar-refractivity contribution in [3.8, 4) is 22.6 Å². The van der Waals surface area contributed by atoms with Crippen LogP contribution in [-0.4, -0.2) is 21.8 Å². The third-order valence-corrected chi connectivity index (χ3v) is 4.35. The van der Waals surface area contributed by atoms with Crippen molar-refractivity contribution >= 4 is 5.95 Å². The zero-order valence-electron chi connectivity index (χ0n) is 16.8. The van der Waals surface area contributed by atoms with Crippen molar-refractivity contribution in [3.63, 3.8) is 0 Å². The maximum atomic E-state index is 11.8. The van der Waals surface area contributed by atoms with E-state index < -0.39 is 0 Å². The number of aryl methyl sites for hydroxylation is 2. The zero-order valence-corrected chi connectivity index (χ0v) is 16.8. The molecule has 0 saturated heterocycles. The Morgan fingerprint density at radius 1 is 1.11 bits per heavy atom. The monoisotopic (exact) mass is 381 g/mol. The van der Waals surface area contributed by atoms with Crippen LogP contribution >= 0.6 is 0 Å². The first kappa shape index (κ1) is 21.0. The topological polar surface area (TPSA) is 90.4 Å². The summed E-state index contributed by atoms with van der Waals surface area (Å²) in [5, 5.41) is 10.3. The van der Waals surface area contributed by atoms with E-state index in [-0.39, 0.29) is 17.3 Å². The molecule has 6 heteroatoms. The number of ether oxygens (including phenoxy) is 1. The number of nitrogen functional groups attached to an aromatic ring is 1. The minimum atomic E-state index is -0.164. The number of anilines is 1. The molecule has 6 nitrogen and oxygen atoms in total. The largest absolute Gasteiger partial charge is 0.504 e. The van der Waals surface area contributed by atoms with Crippen LogP contribution < -0.4 is 16.0 Å². The van der Waals surface area contributed by atoms with Gasteiger partial charge in [-0.3, -0.25) is 9.36 Å². The fraction of sp³-hybridized carbons (Fsp3) is 0.273. The lowest BCUT2D eigenvalue weighted by atomic mass is 9.99. The number of phenols is 1. The highest BCUT2D eigenvalue weighted by atomic mass is 16.5. The number of methoxy groups -OCH3 is 1. The molecule has 0 bridgehead atoms. The van der Waals surface area contributed by atoms with Gasteiger partial charge in [-0.05, 0) is 30.0 Å². The average Bonchev–Trinajstić information content (AvgIpc) is 2.72. The van der Waals surface area contributed by atoms with Gasteiger partial charge in [-0.1, -0.05) is 50.2 Å². The van der Waals surface area contributed by atoms with Crippen LogP contribution in [0.3, 0.4) is 0 Å². The molecule has 0 amide bonds. The molecule has 148 valence electrons. The number of hydrogen-bond donors (Lipinski definition) is 2. The SMILES string of the molecule is CC.COc1cccc(-c2cccc(CCc3cc(=O)n(C)c(N)n3)c2)c1O. The Morgan fingerprint density at radius 2 is 1.82 bits per heavy atom. The van der Waals surface area contributed by atoms with Crippen molar-refractivity contribution in [1.29, 1.82) is 0 Å². The van der Waals surface area contributed by atoms with E-state index in [0.29, 0.717) is 29.8 Å². The molecule has 0 fully saturated rings. The summed E-state index contributed by atoms with van der Waals surface area (Å²) in [7, 11) is 3.12. The molecule has 0 aliphatic heterocycles. The van der Waals surface area contributed by atoms with Crippen LogP contribution in [0.2, 0.25) is 0 Å². The number of nitrogens with two attached hydrogens (primary N) is 1. The fourth-order valence-electron chi connectivity index (χ4n) is 2.82. The molecule has 1 heterocycles. The molecule has 0 radical (unpaired) electrons. The summed E-state index contributed by atoms with van der Waals surface area (Å²) in [4.78, 5) is 16.1. The highest BCUT2D eigenvalue weighted by Gasteiger charge is 2.10. The van der Waals surface area contributed by atoms with Gasteiger partial charge in [-0.25, -0.2) is 4.98 Å². The van der Waals surface area contributed by atoms with Crippen molar-refractivity contribution in [2.75, 3.05) is 12.8 Å². The van der Waals surface area contributed by atoms with E-state index in [9.17, 15) is 9.90 Å². The highest BCUT2D eigenvalue weighted by molar-refractivity contribution is 5.73. The van der Waals surface area contributed by atoms with E-state index in [0.717, 1.165) is 11.1 Å². The van der Waals surface area contributed by atoms with Gasteiger partial charge in [-0.15, -0.1) is 0 Å². The Morgan fingerprint density at radius 3 is 2.50 bits per heavy atom. The number of hydrogen-bond acceptors (Lipinski definition) is 5. The lowest BCUT2D eigenvalue weighted by Gasteiger charge is -2.10. The van der Waals surface area contributed by atoms with Gasteiger partial charge >= 0.3 is 0 Å². The summed E-state index contributed by atoms with van der Waals surface area (Å²) in [6.07, 6.45) is 1.31. The maximum absolute atomic E-state index is 11.8. The standard InChI is InChI=1S/C20H21N3O3.C2H6/c1-23-18(24)12-15(22-20(23)21)10-9-13-5-3-6-14(11-13)16-7-4-8-17(26-2)19(16)25;1-2/h3-8,11-12,25H,9-10H2,1-2H3,(H2,21,22);1-2H3. The normalized spacial score (nSPS) is 10.1. The second-order valence-electron chi connectivity index (χ2n) is 6.06. The smallest absolute Gasteiger partial charge is 0.254 e. The van der Waals surface area contributed by atoms with E-state index >= 15 is 0 Å². The molecule has 3 N–H and O–H groups in total. The maximum Gasteiger partial charge on any atom is 0.254 e. The molecular formula is C22H27N3O3. The zero-order chi connectivity index (χ0) is 20.7. The number of para-hydroxylation sites is 1. The van der Waals surface area contributed by atoms with E-state index in [4.69, 9.17) is 10.5 Å². The lowest BCUT2D eigenvalue weighted by Crippen LogP contribution is -2.21. The summed E-state index contributed by atoms with van der Waals surface area (Å²) in [6.45, 7) is 4.00. The number of rotatable bonds is 5. The molecule has 3 rings (SSSR count). The second-order valence-corrected chi connectivity index (χ2v) is 6.06. The van der Waals surface area contributed by atoms with E-state index in [1.165, 1.54) is 17.7 Å². The van der Waals surface area contributed by atoms with E-state index in [1.807, 2.05) is 50.2 Å². The second kappa shape index (κ2) is 9.60. The van der Waals surface area contributed by atoms with Gasteiger partial charge in [-0.2, -0.15) is 0 Å². The molecule has 0 aliphatic carbocycles. The summed E-state index contributed by atoms with van der Waals surface area (Å²) in [5.41, 5.74) is 8.93. The van der Waals surface area contributed by atoms with Crippen LogP contribution in [0.15, 0.2) is 53.3 Å². The molecule has 0 atom stereocenters. The van der Waals surface area contributed by atoms with Crippen LogP contribution in [0.4, 0.5) is 5.95 Å². The third kappa shape index (κ3) is 4.71. The van der Waals surface area contributed by atoms with Gasteiger partial charge in [0, 0.05) is 18.7 Å². The van der Waals surface area contributed by atoms with Crippen molar-refractivity contribution in [1.82, 2.24) is 9.55 Å². The van der Waals surface area contributed by atoms with Gasteiger partial charge in [0.2, 0.25) is 5.95 Å². The van der Waals surface area contributed by atoms with E-state index in [1.54, 1.807) is 13.1 Å². The van der Waals surface area contributed by atoms with Crippen LogP contribution in [0.5, 0.6) is 11.5 Å².